The summed E-state index contributed by atoms with van der Waals surface area (Å²) in [6.45, 7) is 5.57. The lowest BCUT2D eigenvalue weighted by molar-refractivity contribution is -0.140. The average molecular weight is 697 g/mol. The molecule has 0 aliphatic heterocycles. The van der Waals surface area contributed by atoms with Gasteiger partial charge in [-0.1, -0.05) is 103 Å². The first-order valence-electron chi connectivity index (χ1n) is 15.2. The Kier molecular flexibility index (Phi) is 12.3. The Hall–Kier alpha value is -4.05. The van der Waals surface area contributed by atoms with Gasteiger partial charge in [-0.05, 0) is 60.4 Å². The zero-order chi connectivity index (χ0) is 34.1. The summed E-state index contributed by atoms with van der Waals surface area (Å²) in [5, 5.41) is 3.61. The number of halogens is 2. The highest BCUT2D eigenvalue weighted by atomic mass is 35.5. The van der Waals surface area contributed by atoms with E-state index in [1.54, 1.807) is 54.6 Å². The maximum Gasteiger partial charge on any atom is 0.264 e. The highest BCUT2D eigenvalue weighted by molar-refractivity contribution is 7.92. The van der Waals surface area contributed by atoms with Crippen LogP contribution in [-0.2, 0) is 32.6 Å². The Bertz CT molecular complexity index is 1780. The first-order chi connectivity index (χ1) is 22.4. The van der Waals surface area contributed by atoms with Crippen molar-refractivity contribution in [3.05, 3.63) is 124 Å². The van der Waals surface area contributed by atoms with Crippen LogP contribution in [0.3, 0.4) is 0 Å². The normalized spacial score (nSPS) is 12.0. The van der Waals surface area contributed by atoms with E-state index in [2.05, 4.69) is 5.32 Å². The number of carbonyl (C=O) groups is 2. The van der Waals surface area contributed by atoms with Gasteiger partial charge in [-0.2, -0.15) is 0 Å². The van der Waals surface area contributed by atoms with Crippen molar-refractivity contribution in [1.29, 1.82) is 0 Å². The molecule has 0 aliphatic rings. The molecule has 47 heavy (non-hydrogen) atoms. The molecule has 8 nitrogen and oxygen atoms in total. The van der Waals surface area contributed by atoms with Gasteiger partial charge in [0.25, 0.3) is 10.0 Å². The molecule has 248 valence electrons. The fourth-order valence-corrected chi connectivity index (χ4v) is 6.74. The van der Waals surface area contributed by atoms with Crippen molar-refractivity contribution in [2.24, 2.45) is 5.92 Å². The molecule has 0 fully saturated rings. The Morgan fingerprint density at radius 3 is 2.15 bits per heavy atom. The predicted molar refractivity (Wildman–Crippen MR) is 187 cm³/mol. The summed E-state index contributed by atoms with van der Waals surface area (Å²) in [4.78, 5) is 30.0. The summed E-state index contributed by atoms with van der Waals surface area (Å²) >= 11 is 12.5. The molecule has 4 aromatic rings. The molecule has 0 aliphatic carbocycles. The molecule has 0 radical (unpaired) electrons. The van der Waals surface area contributed by atoms with E-state index in [1.807, 2.05) is 51.1 Å². The van der Waals surface area contributed by atoms with E-state index in [9.17, 15) is 18.0 Å². The van der Waals surface area contributed by atoms with Gasteiger partial charge >= 0.3 is 0 Å². The number of rotatable bonds is 14. The fourth-order valence-electron chi connectivity index (χ4n) is 5.00. The highest BCUT2D eigenvalue weighted by Gasteiger charge is 2.35. The van der Waals surface area contributed by atoms with Gasteiger partial charge in [0.15, 0.2) is 0 Å². The minimum atomic E-state index is -4.28. The number of nitrogens with one attached hydrogen (secondary N) is 1. The van der Waals surface area contributed by atoms with Crippen LogP contribution in [0.25, 0.3) is 0 Å². The summed E-state index contributed by atoms with van der Waals surface area (Å²) in [6, 6.07) is 26.3. The molecule has 4 aromatic carbocycles. The summed E-state index contributed by atoms with van der Waals surface area (Å²) in [5.74, 6) is -0.529. The third-order valence-corrected chi connectivity index (χ3v) is 10.0. The van der Waals surface area contributed by atoms with Gasteiger partial charge in [0, 0.05) is 19.5 Å². The van der Waals surface area contributed by atoms with Crippen molar-refractivity contribution in [3.8, 4) is 5.75 Å². The molecule has 1 atom stereocenters. The lowest BCUT2D eigenvalue weighted by atomic mass is 10.0. The molecular formula is C36H39Cl2N3O5S. The van der Waals surface area contributed by atoms with E-state index in [-0.39, 0.29) is 46.1 Å². The Morgan fingerprint density at radius 1 is 0.851 bits per heavy atom. The van der Waals surface area contributed by atoms with Crippen LogP contribution in [0.15, 0.2) is 102 Å². The first-order valence-corrected chi connectivity index (χ1v) is 17.4. The molecule has 0 unspecified atom stereocenters. The molecule has 0 heterocycles. The van der Waals surface area contributed by atoms with Gasteiger partial charge < -0.3 is 15.0 Å². The summed E-state index contributed by atoms with van der Waals surface area (Å²) < 4.78 is 35.1. The molecule has 0 bridgehead atoms. The van der Waals surface area contributed by atoms with Crippen LogP contribution in [0.1, 0.15) is 30.5 Å². The SMILES string of the molecule is COc1ccccc1N(CC(=O)N(Cc1ccc(Cl)c(Cl)c1)[C@H](Cc1ccccc1)C(=O)NCC(C)C)S(=O)(=O)c1ccc(C)cc1. The van der Waals surface area contributed by atoms with Crippen LogP contribution in [-0.4, -0.2) is 51.4 Å². The number of hydrogen-bond donors (Lipinski definition) is 1. The lowest BCUT2D eigenvalue weighted by Crippen LogP contribution is -2.53. The van der Waals surface area contributed by atoms with E-state index in [4.69, 9.17) is 27.9 Å². The van der Waals surface area contributed by atoms with Crippen molar-refractivity contribution >= 4 is 50.7 Å². The standard InChI is InChI=1S/C36H39Cl2N3O5S/c1-25(2)22-39-36(43)33(21-27-10-6-5-7-11-27)40(23-28-16-19-30(37)31(38)20-28)35(42)24-41(32-12-8-9-13-34(32)46-4)47(44,45)29-17-14-26(3)15-18-29/h5-20,25,33H,21-24H2,1-4H3,(H,39,43)/t33-/m1/s1. The van der Waals surface area contributed by atoms with Crippen molar-refractivity contribution in [2.75, 3.05) is 24.5 Å². The van der Waals surface area contributed by atoms with Crippen molar-refractivity contribution in [3.63, 3.8) is 0 Å². The van der Waals surface area contributed by atoms with Gasteiger partial charge in [-0.3, -0.25) is 13.9 Å². The van der Waals surface area contributed by atoms with E-state index < -0.39 is 28.5 Å². The number of carbonyl (C=O) groups excluding carboxylic acids is 2. The Morgan fingerprint density at radius 2 is 1.51 bits per heavy atom. The topological polar surface area (TPSA) is 96.0 Å². The molecule has 0 aromatic heterocycles. The van der Waals surface area contributed by atoms with Gasteiger partial charge in [-0.15, -0.1) is 0 Å². The smallest absolute Gasteiger partial charge is 0.264 e. The van der Waals surface area contributed by atoms with Crippen LogP contribution < -0.4 is 14.4 Å². The third-order valence-electron chi connectivity index (χ3n) is 7.53. The number of aryl methyl sites for hydroxylation is 1. The monoisotopic (exact) mass is 695 g/mol. The second-order valence-electron chi connectivity index (χ2n) is 11.6. The summed E-state index contributed by atoms with van der Waals surface area (Å²) in [7, 11) is -2.84. The number of para-hydroxylation sites is 2. The Labute approximate surface area is 287 Å². The summed E-state index contributed by atoms with van der Waals surface area (Å²) in [5.41, 5.74) is 2.51. The number of benzene rings is 4. The van der Waals surface area contributed by atoms with Crippen molar-refractivity contribution < 1.29 is 22.7 Å². The van der Waals surface area contributed by atoms with Crippen LogP contribution in [0.2, 0.25) is 10.0 Å². The number of nitrogens with zero attached hydrogens (tertiary/aromatic N) is 2. The van der Waals surface area contributed by atoms with Gasteiger partial charge in [0.2, 0.25) is 11.8 Å². The number of sulfonamides is 1. The third kappa shape index (κ3) is 9.28. The summed E-state index contributed by atoms with van der Waals surface area (Å²) in [6.07, 6.45) is 0.192. The van der Waals surface area contributed by atoms with Crippen LogP contribution in [0, 0.1) is 12.8 Å². The van der Waals surface area contributed by atoms with Crippen LogP contribution >= 0.6 is 23.2 Å². The average Bonchev–Trinajstić information content (AvgIpc) is 3.06. The molecule has 1 N–H and O–H groups in total. The zero-order valence-electron chi connectivity index (χ0n) is 26.8. The molecule has 2 amide bonds. The maximum atomic E-state index is 14.6. The van der Waals surface area contributed by atoms with Gasteiger partial charge in [0.05, 0.1) is 27.7 Å². The van der Waals surface area contributed by atoms with E-state index in [0.29, 0.717) is 17.1 Å². The zero-order valence-corrected chi connectivity index (χ0v) is 29.1. The first kappa shape index (κ1) is 35.8. The lowest BCUT2D eigenvalue weighted by Gasteiger charge is -2.34. The number of methoxy groups -OCH3 is 1. The molecule has 11 heteroatoms. The van der Waals surface area contributed by atoms with E-state index in [1.165, 1.54) is 24.1 Å². The Balaban J connectivity index is 1.84. The maximum absolute atomic E-state index is 14.6. The number of hydrogen-bond acceptors (Lipinski definition) is 5. The van der Waals surface area contributed by atoms with Gasteiger partial charge in [-0.25, -0.2) is 8.42 Å². The van der Waals surface area contributed by atoms with Crippen molar-refractivity contribution in [1.82, 2.24) is 10.2 Å². The molecule has 0 spiro atoms. The number of ether oxygens (including phenoxy) is 1. The largest absolute Gasteiger partial charge is 0.495 e. The van der Waals surface area contributed by atoms with E-state index in [0.717, 1.165) is 15.4 Å². The predicted octanol–water partition coefficient (Wildman–Crippen LogP) is 6.92. The van der Waals surface area contributed by atoms with Crippen LogP contribution in [0.4, 0.5) is 5.69 Å². The minimum Gasteiger partial charge on any atom is -0.495 e. The number of amides is 2. The molecule has 0 saturated carbocycles. The second kappa shape index (κ2) is 16.2. The van der Waals surface area contributed by atoms with Crippen LogP contribution in [0.5, 0.6) is 5.75 Å². The highest BCUT2D eigenvalue weighted by Crippen LogP contribution is 2.33. The molecular weight excluding hydrogens is 657 g/mol. The minimum absolute atomic E-state index is 0.00773. The van der Waals surface area contributed by atoms with Gasteiger partial charge in [0.1, 0.15) is 18.3 Å². The molecule has 0 saturated heterocycles. The van der Waals surface area contributed by atoms with E-state index >= 15 is 0 Å². The van der Waals surface area contributed by atoms with Crippen molar-refractivity contribution in [2.45, 2.75) is 44.7 Å². The molecule has 4 rings (SSSR count). The second-order valence-corrected chi connectivity index (χ2v) is 14.3. The number of anilines is 1. The quantitative estimate of drug-likeness (QED) is 0.155. The fraction of sp³-hybridized carbons (Fsp3) is 0.278.